The van der Waals surface area contributed by atoms with Crippen LogP contribution in [-0.2, 0) is 76.0 Å². The lowest BCUT2D eigenvalue weighted by atomic mass is 9.96. The van der Waals surface area contributed by atoms with Gasteiger partial charge in [0.2, 0.25) is 0 Å². The molecule has 6 aliphatic rings. The van der Waals surface area contributed by atoms with Crippen LogP contribution >= 0.6 is 56.7 Å². The Kier molecular flexibility index (Phi) is 36.7. The number of aliphatic carboxylic acids is 5. The molecule has 0 unspecified atom stereocenters. The summed E-state index contributed by atoms with van der Waals surface area (Å²) in [6, 6.07) is 84.7. The summed E-state index contributed by atoms with van der Waals surface area (Å²) in [5.74, 6) is -2.33. The van der Waals surface area contributed by atoms with Crippen LogP contribution < -0.4 is 9.47 Å². The molecule has 149 heavy (non-hydrogen) atoms. The average Bonchev–Trinajstić information content (AvgIpc) is 1.71. The molecular weight excluding hydrogens is 1960 g/mol. The quantitative estimate of drug-likeness (QED) is 0.0225. The van der Waals surface area contributed by atoms with E-state index in [2.05, 4.69) is 277 Å². The van der Waals surface area contributed by atoms with Gasteiger partial charge in [-0.1, -0.05) is 241 Å². The number of thiazole rings is 5. The molecule has 5 aliphatic heterocycles. The summed E-state index contributed by atoms with van der Waals surface area (Å²) < 4.78 is 11.6. The fourth-order valence-corrected chi connectivity index (χ4v) is 23.1. The van der Waals surface area contributed by atoms with E-state index in [1.807, 2.05) is 87.3 Å². The van der Waals surface area contributed by atoms with Gasteiger partial charge in [0.05, 0.1) is 71.7 Å². The zero-order valence-electron chi connectivity index (χ0n) is 85.0. The number of carboxylic acids is 5. The number of aryl methyl sites for hydroxylation is 2. The van der Waals surface area contributed by atoms with Crippen LogP contribution in [0.1, 0.15) is 143 Å². The maximum Gasteiger partial charge on any atom is 0.309 e. The van der Waals surface area contributed by atoms with E-state index in [0.717, 1.165) is 137 Å². The van der Waals surface area contributed by atoms with Crippen LogP contribution in [0.5, 0.6) is 11.5 Å². The van der Waals surface area contributed by atoms with Crippen LogP contribution in [0.25, 0.3) is 105 Å². The van der Waals surface area contributed by atoms with Crippen LogP contribution in [0.15, 0.2) is 268 Å². The number of hydrogen-bond acceptors (Lipinski definition) is 23. The average molecular weight is 2090 g/mol. The molecule has 5 saturated heterocycles. The van der Waals surface area contributed by atoms with E-state index in [4.69, 9.17) is 35.0 Å². The number of carbonyl (C=O) groups is 5. The summed E-state index contributed by atoms with van der Waals surface area (Å²) in [6.07, 6.45) is 23.3. The first kappa shape index (κ1) is 107. The molecule has 0 atom stereocenters. The van der Waals surface area contributed by atoms with E-state index in [1.54, 1.807) is 56.7 Å². The van der Waals surface area contributed by atoms with Crippen molar-refractivity contribution in [1.29, 1.82) is 5.26 Å². The van der Waals surface area contributed by atoms with Gasteiger partial charge < -0.3 is 35.0 Å². The van der Waals surface area contributed by atoms with Crippen molar-refractivity contribution >= 4 is 86.5 Å². The van der Waals surface area contributed by atoms with Crippen LogP contribution in [0, 0.1) is 46.8 Å². The minimum absolute atomic E-state index is 0.00983. The minimum Gasteiger partial charge on any atom is -0.490 e. The topological polar surface area (TPSA) is 309 Å². The highest BCUT2D eigenvalue weighted by atomic mass is 32.1. The Hall–Kier alpha value is -13.4. The third kappa shape index (κ3) is 29.4. The second kappa shape index (κ2) is 51.2. The van der Waals surface area contributed by atoms with Crippen LogP contribution in [0.4, 0.5) is 0 Å². The fraction of sp³-hybridized carbons (Fsp3) is 0.331. The summed E-state index contributed by atoms with van der Waals surface area (Å²) in [5, 5.41) is 59.4. The Balaban J connectivity index is 0.000000127. The zero-order valence-corrected chi connectivity index (χ0v) is 89.0. The molecule has 1 saturated carbocycles. The lowest BCUT2D eigenvalue weighted by molar-refractivity contribution is -0.148. The SMILES string of the molecule is CC(C)Cc1ccc(-c2cnc(-c3ccc(CN4CC(C(=O)O)C4)cc3)s2)cc1.CC(C)Oc1ccc(-c2cnc(-c3ccc(CN4CC(C(=O)O)C4)cc3)s2)cc1C#N.CCCCCc1ccc(-c2cnc(-c3ccc(CN4CC(C(=O)O)C4)cc3)s2)cc1.CCCCc1ccc(-c2cnc(-c3ccc(CN4CC(C(=O)O)C4)cc3)s2)cc1.O=C(O)C1CN(Cc2ccc(-c3ncc(-c4ccc(OC5CCC5)cc4)s3)cc2)C1. The molecule has 28 heteroatoms. The number of carboxylic acid groups (broad SMARTS) is 5. The second-order valence-electron chi connectivity index (χ2n) is 40.2. The smallest absolute Gasteiger partial charge is 0.309 e. The number of benzene rings is 10. The van der Waals surface area contributed by atoms with Gasteiger partial charge in [-0.15, -0.1) is 56.7 Å². The van der Waals surface area contributed by atoms with Crippen molar-refractivity contribution in [3.8, 4) is 123 Å². The summed E-state index contributed by atoms with van der Waals surface area (Å²) in [5.41, 5.74) is 21.9. The largest absolute Gasteiger partial charge is 0.490 e. The van der Waals surface area contributed by atoms with Crippen molar-refractivity contribution in [3.05, 3.63) is 318 Å². The molecule has 6 fully saturated rings. The van der Waals surface area contributed by atoms with Crippen molar-refractivity contribution < 1.29 is 59.0 Å². The van der Waals surface area contributed by atoms with Gasteiger partial charge >= 0.3 is 29.8 Å². The van der Waals surface area contributed by atoms with Crippen molar-refractivity contribution in [2.45, 2.75) is 157 Å². The molecule has 768 valence electrons. The minimum atomic E-state index is -0.713. The molecule has 0 radical (unpaired) electrons. The molecule has 0 bridgehead atoms. The summed E-state index contributed by atoms with van der Waals surface area (Å²) >= 11 is 8.41. The van der Waals surface area contributed by atoms with Gasteiger partial charge in [-0.3, -0.25) is 48.5 Å². The molecule has 10 aromatic carbocycles. The molecule has 23 nitrogen and oxygen atoms in total. The predicted octanol–water partition coefficient (Wildman–Crippen LogP) is 25.8. The van der Waals surface area contributed by atoms with Crippen LogP contribution in [-0.4, -0.2) is 182 Å². The maximum atomic E-state index is 10.9. The highest BCUT2D eigenvalue weighted by Crippen LogP contribution is 2.42. The van der Waals surface area contributed by atoms with Gasteiger partial charge in [-0.25, -0.2) is 24.9 Å². The van der Waals surface area contributed by atoms with E-state index in [9.17, 15) is 29.2 Å². The van der Waals surface area contributed by atoms with Crippen LogP contribution in [0.2, 0.25) is 0 Å². The highest BCUT2D eigenvalue weighted by molar-refractivity contribution is 7.19. The molecule has 0 spiro atoms. The predicted molar refractivity (Wildman–Crippen MR) is 596 cm³/mol. The Morgan fingerprint density at radius 2 is 0.591 bits per heavy atom. The van der Waals surface area contributed by atoms with Gasteiger partial charge in [-0.2, -0.15) is 5.26 Å². The molecule has 10 heterocycles. The molecule has 1 aliphatic carbocycles. The second-order valence-corrected chi connectivity index (χ2v) is 45.4. The van der Waals surface area contributed by atoms with E-state index in [1.165, 1.54) is 122 Å². The normalized spacial score (nSPS) is 15.1. The molecule has 5 N–H and O–H groups in total. The van der Waals surface area contributed by atoms with Crippen molar-refractivity contribution in [1.82, 2.24) is 49.4 Å². The lowest BCUT2D eigenvalue weighted by Gasteiger charge is -2.36. The van der Waals surface area contributed by atoms with E-state index >= 15 is 0 Å². The van der Waals surface area contributed by atoms with Gasteiger partial charge in [-0.05, 0) is 186 Å². The standard InChI is InChI=1S/C25H28N2O2S.C24H23N3O3S.C24H24N2O3S.2C24H26N2O2S/c1-2-3-4-5-18-6-10-20(11-7-18)23-14-26-24(30-23)21-12-8-19(9-13-21)15-27-16-22(17-27)25(28)29;1-15(2)30-21-8-7-18(9-19(21)10-25)22-11-26-23(31-22)17-5-3-16(4-6-17)12-27-13-20(14-27)24(28)29;27-24(28)19-14-26(15-19)13-16-4-6-18(7-5-16)23-25-12-22(30-23)17-8-10-21(11-9-17)29-20-2-1-3-20;1-16(2)11-17-3-7-19(8-4-17)22-12-25-23(29-22)20-9-5-18(6-10-20)13-26-14-21(15-26)24(27)28;1-2-3-4-17-5-9-19(10-6-17)22-13-25-23(29-22)20-11-7-18(8-12-20)14-26-15-21(16-26)24(27)28/h6-14,22H,2-5,15-17H2,1H3,(H,28,29);3-9,11,15,20H,12-14H2,1-2H3,(H,28,29);4-12,19-20H,1-3,13-15H2,(H,27,28);3-10,12,16,21H,11,13-15H2,1-2H3,(H,27,28);5-13,21H,2-4,14-16H2,1H3,(H,27,28). The third-order valence-corrected chi connectivity index (χ3v) is 33.1. The molecule has 5 aromatic heterocycles. The third-order valence-electron chi connectivity index (χ3n) is 27.6. The lowest BCUT2D eigenvalue weighted by Crippen LogP contribution is -2.49. The number of hydrogen-bond donors (Lipinski definition) is 5. The molecule has 15 aromatic rings. The van der Waals surface area contributed by atoms with E-state index in [0.29, 0.717) is 88.8 Å². The molecule has 21 rings (SSSR count). The Morgan fingerprint density at radius 3 is 0.846 bits per heavy atom. The van der Waals surface area contributed by atoms with E-state index < -0.39 is 29.8 Å². The van der Waals surface area contributed by atoms with Crippen LogP contribution in [0.3, 0.4) is 0 Å². The number of nitrogens with zero attached hydrogens (tertiary/aromatic N) is 11. The zero-order chi connectivity index (χ0) is 104. The Morgan fingerprint density at radius 1 is 0.336 bits per heavy atom. The first-order valence-corrected chi connectivity index (χ1v) is 55.6. The van der Waals surface area contributed by atoms with Crippen molar-refractivity contribution in [3.63, 3.8) is 0 Å². The Bertz CT molecular complexity index is 6990. The van der Waals surface area contributed by atoms with Gasteiger partial charge in [0.15, 0.2) is 0 Å². The number of nitriles is 1. The summed E-state index contributed by atoms with van der Waals surface area (Å²) in [4.78, 5) is 94.1. The maximum absolute atomic E-state index is 10.9. The van der Waals surface area contributed by atoms with Gasteiger partial charge in [0.1, 0.15) is 42.6 Å². The van der Waals surface area contributed by atoms with Gasteiger partial charge in [0, 0.05) is 157 Å². The number of aromatic nitrogens is 5. The van der Waals surface area contributed by atoms with Crippen molar-refractivity contribution in [2.24, 2.45) is 35.5 Å². The summed E-state index contributed by atoms with van der Waals surface area (Å²) in [7, 11) is 0. The fourth-order valence-electron chi connectivity index (χ4n) is 18.4. The van der Waals surface area contributed by atoms with E-state index in [-0.39, 0.29) is 35.7 Å². The molecule has 0 amide bonds. The number of rotatable bonds is 38. The van der Waals surface area contributed by atoms with Crippen molar-refractivity contribution in [2.75, 3.05) is 65.4 Å². The number of unbranched alkanes of at least 4 members (excludes halogenated alkanes) is 3. The molecular formula is C121H127N11O12S5. The number of ether oxygens (including phenoxy) is 2. The first-order valence-electron chi connectivity index (χ1n) is 51.6. The monoisotopic (exact) mass is 2090 g/mol. The Labute approximate surface area is 892 Å². The number of likely N-dealkylation sites (tertiary alicyclic amines) is 5. The van der Waals surface area contributed by atoms with Gasteiger partial charge in [0.25, 0.3) is 0 Å². The first-order chi connectivity index (χ1) is 72.3. The highest BCUT2D eigenvalue weighted by Gasteiger charge is 2.37. The summed E-state index contributed by atoms with van der Waals surface area (Å²) in [6.45, 7) is 23.1.